The van der Waals surface area contributed by atoms with E-state index >= 15 is 0 Å². The van der Waals surface area contributed by atoms with Crippen molar-refractivity contribution in [3.05, 3.63) is 0 Å². The highest BCUT2D eigenvalue weighted by atomic mass is 16.5. The number of nitrogens with zero attached hydrogens (tertiary/aromatic N) is 1. The minimum atomic E-state index is -1.33. The molecule has 1 heterocycles. The molecule has 132 valence electrons. The van der Waals surface area contributed by atoms with Crippen molar-refractivity contribution in [2.24, 2.45) is 11.8 Å². The van der Waals surface area contributed by atoms with Gasteiger partial charge in [-0.1, -0.05) is 26.2 Å². The van der Waals surface area contributed by atoms with E-state index in [4.69, 9.17) is 4.74 Å². The van der Waals surface area contributed by atoms with E-state index in [0.29, 0.717) is 19.5 Å². The number of hydrogen-bond acceptors (Lipinski definition) is 4. The van der Waals surface area contributed by atoms with Gasteiger partial charge in [0.1, 0.15) is 5.92 Å². The molecule has 1 N–H and O–H groups in total. The van der Waals surface area contributed by atoms with Crippen molar-refractivity contribution in [1.82, 2.24) is 4.90 Å². The van der Waals surface area contributed by atoms with Gasteiger partial charge in [0.05, 0.1) is 12.5 Å². The molecule has 1 fully saturated rings. The first kappa shape index (κ1) is 19.5. The Morgan fingerprint density at radius 1 is 1.09 bits per heavy atom. The Morgan fingerprint density at radius 3 is 2.26 bits per heavy atom. The van der Waals surface area contributed by atoms with Gasteiger partial charge in [-0.15, -0.1) is 0 Å². The number of amides is 1. The van der Waals surface area contributed by atoms with Crippen LogP contribution in [0.3, 0.4) is 0 Å². The number of likely N-dealkylation sites (tertiary alicyclic amines) is 1. The molecule has 6 nitrogen and oxygen atoms in total. The molecule has 1 saturated heterocycles. The predicted molar refractivity (Wildman–Crippen MR) is 85.8 cm³/mol. The second-order valence-corrected chi connectivity index (χ2v) is 6.06. The molecule has 0 spiro atoms. The standard InChI is InChI=1S/C17H29NO5/c1-3-5-7-10-13(17(22)23-4-2)14(16(20)21)15(19)18-11-8-6-9-12-18/h13-14H,3-12H2,1-2H3,(H,20,21)/t13-,14?/m0/s1. The molecule has 6 heteroatoms. The second-order valence-electron chi connectivity index (χ2n) is 6.06. The molecule has 0 bridgehead atoms. The Kier molecular flexibility index (Phi) is 8.66. The number of aliphatic carboxylic acids is 1. The Labute approximate surface area is 138 Å². The second kappa shape index (κ2) is 10.2. The van der Waals surface area contributed by atoms with E-state index < -0.39 is 29.7 Å². The van der Waals surface area contributed by atoms with Crippen molar-refractivity contribution < 1.29 is 24.2 Å². The van der Waals surface area contributed by atoms with Crippen molar-refractivity contribution in [1.29, 1.82) is 0 Å². The molecule has 0 aromatic rings. The van der Waals surface area contributed by atoms with Crippen LogP contribution in [0.15, 0.2) is 0 Å². The van der Waals surface area contributed by atoms with Gasteiger partial charge < -0.3 is 14.7 Å². The van der Waals surface area contributed by atoms with Crippen LogP contribution in [0.25, 0.3) is 0 Å². The summed E-state index contributed by atoms with van der Waals surface area (Å²) in [6, 6.07) is 0. The van der Waals surface area contributed by atoms with Crippen LogP contribution in [0.5, 0.6) is 0 Å². The van der Waals surface area contributed by atoms with Gasteiger partial charge in [-0.25, -0.2) is 0 Å². The highest BCUT2D eigenvalue weighted by Crippen LogP contribution is 2.25. The number of carbonyl (C=O) groups excluding carboxylic acids is 2. The molecule has 1 aliphatic heterocycles. The molecule has 1 amide bonds. The van der Waals surface area contributed by atoms with Crippen LogP contribution in [-0.4, -0.2) is 47.5 Å². The van der Waals surface area contributed by atoms with Crippen molar-refractivity contribution in [2.45, 2.75) is 58.8 Å². The molecule has 23 heavy (non-hydrogen) atoms. The number of piperidine rings is 1. The van der Waals surface area contributed by atoms with Crippen LogP contribution in [-0.2, 0) is 19.1 Å². The van der Waals surface area contributed by atoms with Gasteiger partial charge in [0, 0.05) is 13.1 Å². The monoisotopic (exact) mass is 327 g/mol. The Hall–Kier alpha value is -1.59. The van der Waals surface area contributed by atoms with Crippen LogP contribution in [0.4, 0.5) is 0 Å². The molecule has 0 saturated carbocycles. The SMILES string of the molecule is CCCCC[C@H](C(=O)OCC)C(C(=O)O)C(=O)N1CCCCC1. The first-order chi connectivity index (χ1) is 11.0. The lowest BCUT2D eigenvalue weighted by atomic mass is 9.86. The maximum Gasteiger partial charge on any atom is 0.316 e. The lowest BCUT2D eigenvalue weighted by Gasteiger charge is -2.31. The predicted octanol–water partition coefficient (Wildman–Crippen LogP) is 2.46. The van der Waals surface area contributed by atoms with E-state index in [1.807, 2.05) is 6.92 Å². The molecule has 1 aliphatic rings. The topological polar surface area (TPSA) is 83.9 Å². The van der Waals surface area contributed by atoms with E-state index in [1.54, 1.807) is 11.8 Å². The third-order valence-electron chi connectivity index (χ3n) is 4.31. The van der Waals surface area contributed by atoms with E-state index in [0.717, 1.165) is 38.5 Å². The quantitative estimate of drug-likeness (QED) is 0.399. The lowest BCUT2D eigenvalue weighted by Crippen LogP contribution is -2.47. The van der Waals surface area contributed by atoms with Gasteiger partial charge >= 0.3 is 11.9 Å². The summed E-state index contributed by atoms with van der Waals surface area (Å²) in [7, 11) is 0. The first-order valence-electron chi connectivity index (χ1n) is 8.71. The fraction of sp³-hybridized carbons (Fsp3) is 0.824. The lowest BCUT2D eigenvalue weighted by molar-refractivity contribution is -0.164. The van der Waals surface area contributed by atoms with Crippen LogP contribution in [0.1, 0.15) is 58.8 Å². The number of esters is 1. The zero-order valence-electron chi connectivity index (χ0n) is 14.3. The third kappa shape index (κ3) is 5.84. The van der Waals surface area contributed by atoms with Crippen LogP contribution >= 0.6 is 0 Å². The molecule has 0 aromatic carbocycles. The number of carbonyl (C=O) groups is 3. The summed E-state index contributed by atoms with van der Waals surface area (Å²) >= 11 is 0. The zero-order chi connectivity index (χ0) is 17.2. The number of carboxylic acid groups (broad SMARTS) is 1. The van der Waals surface area contributed by atoms with Gasteiger partial charge in [0.15, 0.2) is 0 Å². The number of ether oxygens (including phenoxy) is 1. The average molecular weight is 327 g/mol. The largest absolute Gasteiger partial charge is 0.481 e. The van der Waals surface area contributed by atoms with E-state index in [2.05, 4.69) is 0 Å². The number of unbranched alkanes of at least 4 members (excludes halogenated alkanes) is 2. The first-order valence-corrected chi connectivity index (χ1v) is 8.71. The summed E-state index contributed by atoms with van der Waals surface area (Å²) in [5.41, 5.74) is 0. The van der Waals surface area contributed by atoms with Gasteiger partial charge in [-0.3, -0.25) is 14.4 Å². The van der Waals surface area contributed by atoms with Crippen molar-refractivity contribution in [3.8, 4) is 0 Å². The Bertz CT molecular complexity index is 404. The summed E-state index contributed by atoms with van der Waals surface area (Å²) in [5.74, 6) is -4.46. The molecular weight excluding hydrogens is 298 g/mol. The fourth-order valence-corrected chi connectivity index (χ4v) is 3.04. The van der Waals surface area contributed by atoms with E-state index in [-0.39, 0.29) is 6.61 Å². The molecular formula is C17H29NO5. The highest BCUT2D eigenvalue weighted by Gasteiger charge is 2.42. The van der Waals surface area contributed by atoms with Crippen LogP contribution < -0.4 is 0 Å². The molecule has 2 atom stereocenters. The number of hydrogen-bond donors (Lipinski definition) is 1. The fourth-order valence-electron chi connectivity index (χ4n) is 3.04. The van der Waals surface area contributed by atoms with Crippen molar-refractivity contribution in [3.63, 3.8) is 0 Å². The Morgan fingerprint density at radius 2 is 1.74 bits per heavy atom. The minimum Gasteiger partial charge on any atom is -0.481 e. The number of rotatable bonds is 9. The summed E-state index contributed by atoms with van der Waals surface area (Å²) in [5, 5.41) is 9.56. The smallest absolute Gasteiger partial charge is 0.316 e. The minimum absolute atomic E-state index is 0.188. The third-order valence-corrected chi connectivity index (χ3v) is 4.31. The normalized spacial score (nSPS) is 17.4. The van der Waals surface area contributed by atoms with E-state index in [1.165, 1.54) is 0 Å². The highest BCUT2D eigenvalue weighted by molar-refractivity contribution is 6.00. The Balaban J connectivity index is 2.90. The molecule has 0 radical (unpaired) electrons. The van der Waals surface area contributed by atoms with Crippen LogP contribution in [0.2, 0.25) is 0 Å². The van der Waals surface area contributed by atoms with Gasteiger partial charge in [-0.05, 0) is 32.6 Å². The summed E-state index contributed by atoms with van der Waals surface area (Å²) in [4.78, 5) is 38.2. The molecule has 0 aromatic heterocycles. The summed E-state index contributed by atoms with van der Waals surface area (Å²) in [6.07, 6.45) is 5.79. The number of carboxylic acids is 1. The van der Waals surface area contributed by atoms with Crippen molar-refractivity contribution in [2.75, 3.05) is 19.7 Å². The van der Waals surface area contributed by atoms with Gasteiger partial charge in [0.25, 0.3) is 0 Å². The van der Waals surface area contributed by atoms with Gasteiger partial charge in [0.2, 0.25) is 5.91 Å². The summed E-state index contributed by atoms with van der Waals surface area (Å²) in [6.45, 7) is 5.06. The zero-order valence-corrected chi connectivity index (χ0v) is 14.3. The maximum absolute atomic E-state index is 12.7. The molecule has 1 unspecified atom stereocenters. The van der Waals surface area contributed by atoms with E-state index in [9.17, 15) is 19.5 Å². The van der Waals surface area contributed by atoms with Gasteiger partial charge in [-0.2, -0.15) is 0 Å². The maximum atomic E-state index is 12.7. The summed E-state index contributed by atoms with van der Waals surface area (Å²) < 4.78 is 5.03. The van der Waals surface area contributed by atoms with Crippen molar-refractivity contribution >= 4 is 17.8 Å². The molecule has 0 aliphatic carbocycles. The molecule has 1 rings (SSSR count). The van der Waals surface area contributed by atoms with Crippen LogP contribution in [0, 0.1) is 11.8 Å². The average Bonchev–Trinajstić information content (AvgIpc) is 2.54.